The Morgan fingerprint density at radius 3 is 3.00 bits per heavy atom. The zero-order chi connectivity index (χ0) is 13.1. The van der Waals surface area contributed by atoms with Crippen molar-refractivity contribution < 1.29 is 4.79 Å². The van der Waals surface area contributed by atoms with Crippen molar-refractivity contribution in [2.75, 3.05) is 0 Å². The number of hydrogen-bond donors (Lipinski definition) is 0. The number of carbonyl (C=O) groups excluding carboxylic acids is 1. The summed E-state index contributed by atoms with van der Waals surface area (Å²) in [6.07, 6.45) is 6.93. The molecule has 0 aromatic carbocycles. The van der Waals surface area contributed by atoms with Crippen molar-refractivity contribution >= 4 is 17.4 Å². The Morgan fingerprint density at radius 2 is 2.33 bits per heavy atom. The zero-order valence-electron chi connectivity index (χ0n) is 11.2. The summed E-state index contributed by atoms with van der Waals surface area (Å²) in [5, 5.41) is 4.71. The molecule has 0 saturated heterocycles. The van der Waals surface area contributed by atoms with Crippen LogP contribution in [0.1, 0.15) is 56.4 Å². The molecular formula is C14H21ClN2O. The van der Waals surface area contributed by atoms with Gasteiger partial charge in [-0.1, -0.05) is 38.3 Å². The summed E-state index contributed by atoms with van der Waals surface area (Å²) in [5.74, 6) is 0.977. The molecule has 3 nitrogen and oxygen atoms in total. The van der Waals surface area contributed by atoms with Crippen LogP contribution in [0.15, 0.2) is 6.20 Å². The number of ketones is 1. The predicted octanol–water partition coefficient (Wildman–Crippen LogP) is 3.96. The molecule has 1 heterocycles. The molecular weight excluding hydrogens is 248 g/mol. The van der Waals surface area contributed by atoms with Crippen molar-refractivity contribution in [2.24, 2.45) is 11.8 Å². The minimum Gasteiger partial charge on any atom is -0.292 e. The minimum absolute atomic E-state index is 0.138. The summed E-state index contributed by atoms with van der Waals surface area (Å²) in [4.78, 5) is 12.6. The van der Waals surface area contributed by atoms with Crippen LogP contribution in [0.3, 0.4) is 0 Å². The SMILES string of the molecule is CCCn1ncc(Cl)c1C(=O)C1CCCC(C)C1. The van der Waals surface area contributed by atoms with Gasteiger partial charge < -0.3 is 0 Å². The second kappa shape index (κ2) is 5.87. The van der Waals surface area contributed by atoms with E-state index in [2.05, 4.69) is 18.9 Å². The van der Waals surface area contributed by atoms with Gasteiger partial charge in [-0.05, 0) is 25.2 Å². The van der Waals surface area contributed by atoms with Crippen LogP contribution in [0.4, 0.5) is 0 Å². The highest BCUT2D eigenvalue weighted by molar-refractivity contribution is 6.33. The van der Waals surface area contributed by atoms with E-state index in [1.807, 2.05) is 0 Å². The van der Waals surface area contributed by atoms with Crippen molar-refractivity contribution in [3.8, 4) is 0 Å². The smallest absolute Gasteiger partial charge is 0.185 e. The molecule has 1 fully saturated rings. The van der Waals surface area contributed by atoms with Gasteiger partial charge in [-0.15, -0.1) is 0 Å². The summed E-state index contributed by atoms with van der Waals surface area (Å²) in [7, 11) is 0. The molecule has 0 amide bonds. The lowest BCUT2D eigenvalue weighted by molar-refractivity contribution is 0.0857. The van der Waals surface area contributed by atoms with Crippen molar-refractivity contribution in [1.29, 1.82) is 0 Å². The molecule has 0 bridgehead atoms. The van der Waals surface area contributed by atoms with Crippen LogP contribution in [-0.4, -0.2) is 15.6 Å². The zero-order valence-corrected chi connectivity index (χ0v) is 11.9. The summed E-state index contributed by atoms with van der Waals surface area (Å²) in [5.41, 5.74) is 0.623. The van der Waals surface area contributed by atoms with Gasteiger partial charge in [-0.2, -0.15) is 5.10 Å². The van der Waals surface area contributed by atoms with Gasteiger partial charge in [0.1, 0.15) is 5.69 Å². The third-order valence-electron chi connectivity index (χ3n) is 3.77. The van der Waals surface area contributed by atoms with E-state index in [0.29, 0.717) is 16.6 Å². The lowest BCUT2D eigenvalue weighted by Crippen LogP contribution is -2.24. The second-order valence-electron chi connectivity index (χ2n) is 5.40. The van der Waals surface area contributed by atoms with E-state index in [-0.39, 0.29) is 11.7 Å². The molecule has 1 saturated carbocycles. The summed E-state index contributed by atoms with van der Waals surface area (Å²) in [6.45, 7) is 5.06. The topological polar surface area (TPSA) is 34.9 Å². The molecule has 100 valence electrons. The first-order valence-corrected chi connectivity index (χ1v) is 7.26. The summed E-state index contributed by atoms with van der Waals surface area (Å²) < 4.78 is 1.77. The minimum atomic E-state index is 0.138. The van der Waals surface area contributed by atoms with E-state index >= 15 is 0 Å². The Labute approximate surface area is 114 Å². The van der Waals surface area contributed by atoms with Crippen LogP contribution < -0.4 is 0 Å². The van der Waals surface area contributed by atoms with Crippen molar-refractivity contribution in [1.82, 2.24) is 9.78 Å². The molecule has 0 spiro atoms. The van der Waals surface area contributed by atoms with Crippen LogP contribution in [0.5, 0.6) is 0 Å². The van der Waals surface area contributed by atoms with E-state index in [4.69, 9.17) is 11.6 Å². The lowest BCUT2D eigenvalue weighted by atomic mass is 9.79. The molecule has 2 atom stereocenters. The molecule has 0 aliphatic heterocycles. The second-order valence-corrected chi connectivity index (χ2v) is 5.80. The Kier molecular flexibility index (Phi) is 4.44. The predicted molar refractivity (Wildman–Crippen MR) is 73.0 cm³/mol. The molecule has 1 aliphatic carbocycles. The fraction of sp³-hybridized carbons (Fsp3) is 0.714. The quantitative estimate of drug-likeness (QED) is 0.775. The number of Topliss-reactive ketones (excluding diaryl/α,β-unsaturated/α-hetero) is 1. The van der Waals surface area contributed by atoms with Crippen molar-refractivity contribution in [2.45, 2.75) is 52.5 Å². The van der Waals surface area contributed by atoms with Crippen LogP contribution >= 0.6 is 11.6 Å². The molecule has 2 unspecified atom stereocenters. The van der Waals surface area contributed by atoms with Gasteiger partial charge >= 0.3 is 0 Å². The van der Waals surface area contributed by atoms with Crippen LogP contribution in [0.2, 0.25) is 5.02 Å². The first kappa shape index (κ1) is 13.6. The molecule has 0 N–H and O–H groups in total. The summed E-state index contributed by atoms with van der Waals surface area (Å²) >= 11 is 6.13. The third kappa shape index (κ3) is 2.77. The molecule has 4 heteroatoms. The Balaban J connectivity index is 2.19. The van der Waals surface area contributed by atoms with Gasteiger partial charge in [0.15, 0.2) is 5.78 Å². The largest absolute Gasteiger partial charge is 0.292 e. The average Bonchev–Trinajstić information content (AvgIpc) is 2.70. The fourth-order valence-electron chi connectivity index (χ4n) is 2.85. The molecule has 1 aromatic heterocycles. The fourth-order valence-corrected chi connectivity index (χ4v) is 3.09. The average molecular weight is 269 g/mol. The molecule has 1 aliphatic rings. The van der Waals surface area contributed by atoms with Gasteiger partial charge in [0.2, 0.25) is 0 Å². The number of halogens is 1. The number of aryl methyl sites for hydroxylation is 1. The Morgan fingerprint density at radius 1 is 1.56 bits per heavy atom. The van der Waals surface area contributed by atoms with Crippen LogP contribution in [0.25, 0.3) is 0 Å². The lowest BCUT2D eigenvalue weighted by Gasteiger charge is -2.25. The molecule has 18 heavy (non-hydrogen) atoms. The third-order valence-corrected chi connectivity index (χ3v) is 4.05. The summed E-state index contributed by atoms with van der Waals surface area (Å²) in [6, 6.07) is 0. The van der Waals surface area contributed by atoms with Crippen molar-refractivity contribution in [3.63, 3.8) is 0 Å². The maximum Gasteiger partial charge on any atom is 0.185 e. The Bertz CT molecular complexity index is 427. The number of rotatable bonds is 4. The molecule has 2 rings (SSSR count). The van der Waals surface area contributed by atoms with Gasteiger partial charge in [-0.25, -0.2) is 0 Å². The Hall–Kier alpha value is -0.830. The number of carbonyl (C=O) groups is 1. The van der Waals surface area contributed by atoms with Crippen LogP contribution in [-0.2, 0) is 6.54 Å². The van der Waals surface area contributed by atoms with Gasteiger partial charge in [0.05, 0.1) is 11.2 Å². The maximum atomic E-state index is 12.6. The number of hydrogen-bond acceptors (Lipinski definition) is 2. The molecule has 1 aromatic rings. The van der Waals surface area contributed by atoms with Crippen LogP contribution in [0, 0.1) is 11.8 Å². The molecule has 0 radical (unpaired) electrons. The number of nitrogens with zero attached hydrogens (tertiary/aromatic N) is 2. The van der Waals surface area contributed by atoms with Gasteiger partial charge in [-0.3, -0.25) is 9.48 Å². The normalized spacial score (nSPS) is 24.2. The van der Waals surface area contributed by atoms with Gasteiger partial charge in [0.25, 0.3) is 0 Å². The first-order chi connectivity index (χ1) is 8.63. The number of aromatic nitrogens is 2. The van der Waals surface area contributed by atoms with E-state index in [1.165, 1.54) is 6.42 Å². The standard InChI is InChI=1S/C14H21ClN2O/c1-3-7-17-13(12(15)9-16-17)14(18)11-6-4-5-10(2)8-11/h9-11H,3-8H2,1-2H3. The highest BCUT2D eigenvalue weighted by Crippen LogP contribution is 2.32. The monoisotopic (exact) mass is 268 g/mol. The van der Waals surface area contributed by atoms with E-state index in [0.717, 1.165) is 32.2 Å². The van der Waals surface area contributed by atoms with E-state index in [9.17, 15) is 4.79 Å². The van der Waals surface area contributed by atoms with Crippen molar-refractivity contribution in [3.05, 3.63) is 16.9 Å². The first-order valence-electron chi connectivity index (χ1n) is 6.89. The van der Waals surface area contributed by atoms with E-state index in [1.54, 1.807) is 10.9 Å². The highest BCUT2D eigenvalue weighted by Gasteiger charge is 2.29. The highest BCUT2D eigenvalue weighted by atomic mass is 35.5. The maximum absolute atomic E-state index is 12.6. The van der Waals surface area contributed by atoms with E-state index < -0.39 is 0 Å². The van der Waals surface area contributed by atoms with Gasteiger partial charge in [0, 0.05) is 12.5 Å².